The van der Waals surface area contributed by atoms with Gasteiger partial charge in [-0.3, -0.25) is 4.72 Å². The van der Waals surface area contributed by atoms with Gasteiger partial charge in [-0.15, -0.1) is 0 Å². The maximum atomic E-state index is 14.1. The number of phenolic OH excluding ortho intramolecular Hbond substituents is 1. The Balaban J connectivity index is 1.76. The third-order valence-electron chi connectivity index (χ3n) is 5.61. The predicted molar refractivity (Wildman–Crippen MR) is 117 cm³/mol. The number of sulfonamides is 1. The number of ether oxygens (including phenoxy) is 1. The Morgan fingerprint density at radius 2 is 1.84 bits per heavy atom. The van der Waals surface area contributed by atoms with E-state index in [4.69, 9.17) is 16.3 Å². The molecule has 1 aliphatic carbocycles. The Labute approximate surface area is 188 Å². The summed E-state index contributed by atoms with van der Waals surface area (Å²) in [6.07, 6.45) is 1.85. The molecule has 3 aromatic rings. The van der Waals surface area contributed by atoms with Gasteiger partial charge in [-0.2, -0.15) is 0 Å². The highest BCUT2D eigenvalue weighted by atomic mass is 35.5. The summed E-state index contributed by atoms with van der Waals surface area (Å²) in [6.45, 7) is -0.165. The number of halogens is 2. The van der Waals surface area contributed by atoms with Gasteiger partial charge < -0.3 is 9.84 Å². The number of anilines is 1. The maximum absolute atomic E-state index is 14.1. The number of hydrogen-bond acceptors (Lipinski definition) is 5. The number of fused-ring (bicyclic) bond motifs is 6. The van der Waals surface area contributed by atoms with Crippen molar-refractivity contribution < 1.29 is 27.4 Å². The normalized spacial score (nSPS) is 17.1. The van der Waals surface area contributed by atoms with Crippen LogP contribution in [0.5, 0.6) is 5.75 Å². The van der Waals surface area contributed by atoms with E-state index >= 15 is 0 Å². The second-order valence-electron chi connectivity index (χ2n) is 7.86. The van der Waals surface area contributed by atoms with Crippen molar-refractivity contribution in [2.24, 2.45) is 0 Å². The molecular weight excluding hydrogens is 457 g/mol. The molecule has 0 unspecified atom stereocenters. The Kier molecular flexibility index (Phi) is 4.87. The van der Waals surface area contributed by atoms with Gasteiger partial charge in [-0.25, -0.2) is 17.6 Å². The van der Waals surface area contributed by atoms with E-state index in [0.29, 0.717) is 22.4 Å². The molecule has 4 bridgehead atoms. The van der Waals surface area contributed by atoms with Gasteiger partial charge in [0.05, 0.1) is 16.3 Å². The fourth-order valence-corrected chi connectivity index (χ4v) is 5.33. The summed E-state index contributed by atoms with van der Waals surface area (Å²) in [5.74, 6) is -1.77. The van der Waals surface area contributed by atoms with Crippen LogP contribution in [0.1, 0.15) is 40.2 Å². The van der Waals surface area contributed by atoms with E-state index in [9.17, 15) is 22.7 Å². The number of nitrogens with one attached hydrogen (secondary N) is 1. The standard InChI is InChI=1S/C23H17ClFNO5S/c24-19-7-15-9-21(22(19)27)32(29,30)26-20-8-13(4-6-17(20)12-1-2-12)18-10-16(25)5-3-14(18)11-31-23(15)28/h3-10,12,26-27H,1-2,11H2. The fourth-order valence-electron chi connectivity index (χ4n) is 3.83. The molecule has 6 nitrogen and oxygen atoms in total. The monoisotopic (exact) mass is 473 g/mol. The molecule has 0 atom stereocenters. The van der Waals surface area contributed by atoms with Crippen molar-refractivity contribution in [3.8, 4) is 16.9 Å². The molecule has 0 amide bonds. The minimum atomic E-state index is -4.32. The van der Waals surface area contributed by atoms with Crippen LogP contribution in [0, 0.1) is 5.82 Å². The van der Waals surface area contributed by atoms with Gasteiger partial charge in [0.1, 0.15) is 17.3 Å². The number of esters is 1. The van der Waals surface area contributed by atoms with Crippen molar-refractivity contribution in [3.05, 3.63) is 76.1 Å². The average molecular weight is 474 g/mol. The van der Waals surface area contributed by atoms with Gasteiger partial charge in [0.2, 0.25) is 0 Å². The molecule has 0 radical (unpaired) electrons. The predicted octanol–water partition coefficient (Wildman–Crippen LogP) is 5.20. The quantitative estimate of drug-likeness (QED) is 0.474. The zero-order chi connectivity index (χ0) is 22.6. The fraction of sp³-hybridized carbons (Fsp3) is 0.174. The molecule has 1 aliphatic heterocycles. The minimum Gasteiger partial charge on any atom is -0.505 e. The zero-order valence-electron chi connectivity index (χ0n) is 16.6. The third-order valence-corrected chi connectivity index (χ3v) is 7.28. The molecule has 1 fully saturated rings. The molecule has 0 spiro atoms. The first kappa shape index (κ1) is 20.8. The van der Waals surface area contributed by atoms with Crippen LogP contribution in [0.4, 0.5) is 10.1 Å². The smallest absolute Gasteiger partial charge is 0.338 e. The molecule has 5 rings (SSSR count). The highest BCUT2D eigenvalue weighted by Crippen LogP contribution is 2.45. The SMILES string of the molecule is O=C1OCc2ccc(F)cc2-c2ccc(C3CC3)c(c2)NS(=O)(=O)c2cc1cc(Cl)c2O. The van der Waals surface area contributed by atoms with E-state index in [2.05, 4.69) is 4.72 Å². The first-order chi connectivity index (χ1) is 15.2. The van der Waals surface area contributed by atoms with Crippen LogP contribution in [-0.2, 0) is 21.4 Å². The maximum Gasteiger partial charge on any atom is 0.338 e. The first-order valence-electron chi connectivity index (χ1n) is 9.88. The lowest BCUT2D eigenvalue weighted by Crippen LogP contribution is -2.15. The largest absolute Gasteiger partial charge is 0.505 e. The van der Waals surface area contributed by atoms with E-state index in [-0.39, 0.29) is 23.1 Å². The van der Waals surface area contributed by atoms with Gasteiger partial charge in [0.15, 0.2) is 5.75 Å². The van der Waals surface area contributed by atoms with Crippen molar-refractivity contribution in [2.45, 2.75) is 30.3 Å². The number of aromatic hydroxyl groups is 1. The Bertz CT molecular complexity index is 1390. The number of cyclic esters (lactones) is 1. The number of benzene rings is 3. The van der Waals surface area contributed by atoms with Crippen LogP contribution >= 0.6 is 11.6 Å². The summed E-state index contributed by atoms with van der Waals surface area (Å²) < 4.78 is 48.4. The number of phenols is 1. The second-order valence-corrected chi connectivity index (χ2v) is 9.92. The molecule has 0 aromatic heterocycles. The summed E-state index contributed by atoms with van der Waals surface area (Å²) in [5.41, 5.74) is 2.59. The van der Waals surface area contributed by atoms with Crippen LogP contribution < -0.4 is 4.72 Å². The van der Waals surface area contributed by atoms with E-state index in [0.717, 1.165) is 30.5 Å². The van der Waals surface area contributed by atoms with Crippen molar-refractivity contribution >= 4 is 33.3 Å². The molecule has 3 aromatic carbocycles. The highest BCUT2D eigenvalue weighted by Gasteiger charge is 2.30. The van der Waals surface area contributed by atoms with Gasteiger partial charge in [-0.05, 0) is 71.3 Å². The van der Waals surface area contributed by atoms with E-state index < -0.39 is 32.5 Å². The molecular formula is C23H17ClFNO5S. The van der Waals surface area contributed by atoms with E-state index in [1.54, 1.807) is 12.1 Å². The van der Waals surface area contributed by atoms with Gasteiger partial charge >= 0.3 is 5.97 Å². The molecule has 0 saturated heterocycles. The average Bonchev–Trinajstić information content (AvgIpc) is 3.58. The van der Waals surface area contributed by atoms with Gasteiger partial charge in [0.25, 0.3) is 10.0 Å². The Morgan fingerprint density at radius 1 is 1.06 bits per heavy atom. The van der Waals surface area contributed by atoms with Crippen LogP contribution in [0.2, 0.25) is 5.02 Å². The highest BCUT2D eigenvalue weighted by molar-refractivity contribution is 7.92. The summed E-state index contributed by atoms with van der Waals surface area (Å²) in [4.78, 5) is 12.1. The summed E-state index contributed by atoms with van der Waals surface area (Å²) in [5, 5.41) is 10.0. The molecule has 1 heterocycles. The molecule has 1 saturated carbocycles. The number of carbonyl (C=O) groups is 1. The molecule has 2 N–H and O–H groups in total. The number of rotatable bonds is 1. The van der Waals surface area contributed by atoms with Crippen LogP contribution in [0.3, 0.4) is 0 Å². The summed E-state index contributed by atoms with van der Waals surface area (Å²) >= 11 is 6.01. The minimum absolute atomic E-state index is 0.134. The summed E-state index contributed by atoms with van der Waals surface area (Å²) in [6, 6.07) is 11.5. The second kappa shape index (κ2) is 7.50. The Morgan fingerprint density at radius 3 is 2.59 bits per heavy atom. The number of hydrogen-bond donors (Lipinski definition) is 2. The number of carbonyl (C=O) groups excluding carboxylic acids is 1. The van der Waals surface area contributed by atoms with Gasteiger partial charge in [-0.1, -0.05) is 29.8 Å². The summed E-state index contributed by atoms with van der Waals surface area (Å²) in [7, 11) is -4.32. The van der Waals surface area contributed by atoms with Crippen molar-refractivity contribution in [1.29, 1.82) is 0 Å². The molecule has 2 aliphatic rings. The lowest BCUT2D eigenvalue weighted by molar-refractivity contribution is 0.0473. The zero-order valence-corrected chi connectivity index (χ0v) is 18.1. The lowest BCUT2D eigenvalue weighted by Gasteiger charge is -2.16. The Hall–Kier alpha value is -3.10. The van der Waals surface area contributed by atoms with Crippen molar-refractivity contribution in [1.82, 2.24) is 0 Å². The van der Waals surface area contributed by atoms with E-state index in [1.807, 2.05) is 6.07 Å². The molecule has 9 heteroatoms. The van der Waals surface area contributed by atoms with E-state index in [1.165, 1.54) is 18.2 Å². The van der Waals surface area contributed by atoms with Gasteiger partial charge in [0, 0.05) is 0 Å². The topological polar surface area (TPSA) is 92.7 Å². The first-order valence-corrected chi connectivity index (χ1v) is 11.7. The molecule has 164 valence electrons. The van der Waals surface area contributed by atoms with Crippen molar-refractivity contribution in [2.75, 3.05) is 4.72 Å². The van der Waals surface area contributed by atoms with Crippen LogP contribution in [0.25, 0.3) is 11.1 Å². The molecule has 32 heavy (non-hydrogen) atoms. The lowest BCUT2D eigenvalue weighted by atomic mass is 9.96. The van der Waals surface area contributed by atoms with Crippen LogP contribution in [0.15, 0.2) is 53.4 Å². The van der Waals surface area contributed by atoms with Crippen molar-refractivity contribution in [3.63, 3.8) is 0 Å². The van der Waals surface area contributed by atoms with Crippen LogP contribution in [-0.4, -0.2) is 19.5 Å². The third kappa shape index (κ3) is 3.69.